The smallest absolute Gasteiger partial charge is 0.160 e. The summed E-state index contributed by atoms with van der Waals surface area (Å²) in [6.07, 6.45) is 0. The van der Waals surface area contributed by atoms with Crippen LogP contribution in [0.1, 0.15) is 11.1 Å². The number of aryl methyl sites for hydroxylation is 1. The van der Waals surface area contributed by atoms with Crippen LogP contribution >= 0.6 is 0 Å². The van der Waals surface area contributed by atoms with Gasteiger partial charge in [-0.3, -0.25) is 4.90 Å². The van der Waals surface area contributed by atoms with Crippen molar-refractivity contribution in [1.82, 2.24) is 10.2 Å². The Kier molecular flexibility index (Phi) is 3.31. The first-order valence-corrected chi connectivity index (χ1v) is 5.61. The number of phenolic OH excluding ortho intramolecular Hbond substituents is 2. The third kappa shape index (κ3) is 2.46. The topological polar surface area (TPSA) is 55.7 Å². The lowest BCUT2D eigenvalue weighted by atomic mass is 10.1. The molecule has 0 bridgehead atoms. The summed E-state index contributed by atoms with van der Waals surface area (Å²) in [6.45, 7) is 6.72. The van der Waals surface area contributed by atoms with E-state index in [0.29, 0.717) is 0 Å². The Morgan fingerprint density at radius 3 is 2.56 bits per heavy atom. The zero-order chi connectivity index (χ0) is 11.5. The Morgan fingerprint density at radius 1 is 1.25 bits per heavy atom. The molecule has 3 N–H and O–H groups in total. The van der Waals surface area contributed by atoms with Crippen LogP contribution in [0.5, 0.6) is 11.5 Å². The molecule has 1 aromatic carbocycles. The second kappa shape index (κ2) is 4.72. The molecule has 16 heavy (non-hydrogen) atoms. The summed E-state index contributed by atoms with van der Waals surface area (Å²) >= 11 is 0. The van der Waals surface area contributed by atoms with Crippen molar-refractivity contribution in [2.24, 2.45) is 0 Å². The third-order valence-electron chi connectivity index (χ3n) is 2.96. The third-order valence-corrected chi connectivity index (χ3v) is 2.96. The highest BCUT2D eigenvalue weighted by Crippen LogP contribution is 2.30. The summed E-state index contributed by atoms with van der Waals surface area (Å²) in [6, 6.07) is 3.57. The molecule has 1 heterocycles. The van der Waals surface area contributed by atoms with Crippen LogP contribution in [0.2, 0.25) is 0 Å². The molecule has 2 rings (SSSR count). The Bertz CT molecular complexity index is 350. The number of rotatable bonds is 2. The van der Waals surface area contributed by atoms with E-state index >= 15 is 0 Å². The van der Waals surface area contributed by atoms with Gasteiger partial charge in [-0.15, -0.1) is 0 Å². The normalized spacial score (nSPS) is 17.6. The fourth-order valence-corrected chi connectivity index (χ4v) is 2.05. The molecule has 0 unspecified atom stereocenters. The molecule has 0 spiro atoms. The van der Waals surface area contributed by atoms with Crippen LogP contribution < -0.4 is 5.32 Å². The lowest BCUT2D eigenvalue weighted by Crippen LogP contribution is -2.42. The lowest BCUT2D eigenvalue weighted by molar-refractivity contribution is 0.233. The summed E-state index contributed by atoms with van der Waals surface area (Å²) < 4.78 is 0. The molecule has 1 fully saturated rings. The second-order valence-corrected chi connectivity index (χ2v) is 4.31. The highest BCUT2D eigenvalue weighted by molar-refractivity contribution is 5.46. The van der Waals surface area contributed by atoms with E-state index in [4.69, 9.17) is 0 Å². The van der Waals surface area contributed by atoms with Crippen molar-refractivity contribution in [3.8, 4) is 11.5 Å². The zero-order valence-electron chi connectivity index (χ0n) is 9.53. The van der Waals surface area contributed by atoms with Crippen molar-refractivity contribution in [2.45, 2.75) is 13.5 Å². The quantitative estimate of drug-likeness (QED) is 0.648. The molecule has 88 valence electrons. The number of aromatic hydroxyl groups is 2. The van der Waals surface area contributed by atoms with Crippen LogP contribution in [0.15, 0.2) is 12.1 Å². The maximum atomic E-state index is 9.53. The molecule has 1 aromatic rings. The molecule has 4 heteroatoms. The largest absolute Gasteiger partial charge is 0.504 e. The molecular weight excluding hydrogens is 204 g/mol. The van der Waals surface area contributed by atoms with Gasteiger partial charge in [0, 0.05) is 32.7 Å². The molecule has 0 saturated carbocycles. The van der Waals surface area contributed by atoms with Crippen molar-refractivity contribution >= 4 is 0 Å². The minimum absolute atomic E-state index is 0.0101. The first-order chi connectivity index (χ1) is 7.66. The van der Waals surface area contributed by atoms with Crippen molar-refractivity contribution in [2.75, 3.05) is 26.2 Å². The Balaban J connectivity index is 2.09. The van der Waals surface area contributed by atoms with Crippen molar-refractivity contribution in [1.29, 1.82) is 0 Å². The molecule has 0 aromatic heterocycles. The molecular formula is C12H18N2O2. The summed E-state index contributed by atoms with van der Waals surface area (Å²) in [7, 11) is 0. The maximum absolute atomic E-state index is 9.53. The average Bonchev–Trinajstić information content (AvgIpc) is 2.27. The van der Waals surface area contributed by atoms with Gasteiger partial charge in [0.1, 0.15) is 0 Å². The highest BCUT2D eigenvalue weighted by Gasteiger charge is 2.12. The van der Waals surface area contributed by atoms with Gasteiger partial charge in [0.25, 0.3) is 0 Å². The molecule has 1 aliphatic rings. The van der Waals surface area contributed by atoms with Crippen LogP contribution in [0.3, 0.4) is 0 Å². The number of benzene rings is 1. The minimum atomic E-state index is -0.0230. The number of nitrogens with zero attached hydrogens (tertiary/aromatic N) is 1. The fraction of sp³-hybridized carbons (Fsp3) is 0.500. The molecule has 0 amide bonds. The second-order valence-electron chi connectivity index (χ2n) is 4.31. The van der Waals surface area contributed by atoms with E-state index in [1.54, 1.807) is 13.0 Å². The summed E-state index contributed by atoms with van der Waals surface area (Å²) in [4.78, 5) is 2.34. The summed E-state index contributed by atoms with van der Waals surface area (Å²) in [5, 5.41) is 22.3. The van der Waals surface area contributed by atoms with Gasteiger partial charge < -0.3 is 15.5 Å². The van der Waals surface area contributed by atoms with E-state index in [1.807, 2.05) is 6.07 Å². The average molecular weight is 222 g/mol. The monoisotopic (exact) mass is 222 g/mol. The number of phenols is 2. The number of piperazine rings is 1. The van der Waals surface area contributed by atoms with Crippen molar-refractivity contribution in [3.63, 3.8) is 0 Å². The van der Waals surface area contributed by atoms with Gasteiger partial charge in [-0.1, -0.05) is 6.07 Å². The van der Waals surface area contributed by atoms with Gasteiger partial charge >= 0.3 is 0 Å². The molecule has 4 nitrogen and oxygen atoms in total. The standard InChI is InChI=1S/C12H18N2O2/c1-9-6-10(7-11(15)12(9)16)8-14-4-2-13-3-5-14/h6-7,13,15-16H,2-5,8H2,1H3. The van der Waals surface area contributed by atoms with Crippen LogP contribution in [0, 0.1) is 6.92 Å². The Labute approximate surface area is 95.5 Å². The first-order valence-electron chi connectivity index (χ1n) is 5.61. The maximum Gasteiger partial charge on any atom is 0.160 e. The molecule has 1 saturated heterocycles. The predicted octanol–water partition coefficient (Wildman–Crippen LogP) is 0.811. The van der Waals surface area contributed by atoms with Gasteiger partial charge in [0.2, 0.25) is 0 Å². The number of hydrogen-bond acceptors (Lipinski definition) is 4. The summed E-state index contributed by atoms with van der Waals surface area (Å²) in [5.74, 6) is -0.0332. The van der Waals surface area contributed by atoms with E-state index in [0.717, 1.165) is 43.9 Å². The van der Waals surface area contributed by atoms with Crippen LogP contribution in [-0.4, -0.2) is 41.3 Å². The molecule has 1 aliphatic heterocycles. The van der Waals surface area contributed by atoms with E-state index in [9.17, 15) is 10.2 Å². The van der Waals surface area contributed by atoms with E-state index < -0.39 is 0 Å². The SMILES string of the molecule is Cc1cc(CN2CCNCC2)cc(O)c1O. The number of hydrogen-bond donors (Lipinski definition) is 3. The van der Waals surface area contributed by atoms with Crippen LogP contribution in [-0.2, 0) is 6.54 Å². The van der Waals surface area contributed by atoms with E-state index in [2.05, 4.69) is 10.2 Å². The van der Waals surface area contributed by atoms with Gasteiger partial charge in [-0.05, 0) is 24.1 Å². The summed E-state index contributed by atoms with van der Waals surface area (Å²) in [5.41, 5.74) is 1.78. The molecule has 0 radical (unpaired) electrons. The van der Waals surface area contributed by atoms with Gasteiger partial charge in [-0.25, -0.2) is 0 Å². The van der Waals surface area contributed by atoms with E-state index in [-0.39, 0.29) is 11.5 Å². The van der Waals surface area contributed by atoms with Crippen LogP contribution in [0.25, 0.3) is 0 Å². The zero-order valence-corrected chi connectivity index (χ0v) is 9.53. The van der Waals surface area contributed by atoms with Gasteiger partial charge in [0.15, 0.2) is 11.5 Å². The predicted molar refractivity (Wildman–Crippen MR) is 62.7 cm³/mol. The van der Waals surface area contributed by atoms with E-state index in [1.165, 1.54) is 0 Å². The Hall–Kier alpha value is -1.26. The minimum Gasteiger partial charge on any atom is -0.504 e. The highest BCUT2D eigenvalue weighted by atomic mass is 16.3. The fourth-order valence-electron chi connectivity index (χ4n) is 2.05. The first kappa shape index (κ1) is 11.2. The van der Waals surface area contributed by atoms with Crippen LogP contribution in [0.4, 0.5) is 0 Å². The van der Waals surface area contributed by atoms with Crippen molar-refractivity contribution in [3.05, 3.63) is 23.3 Å². The molecule has 0 aliphatic carbocycles. The lowest BCUT2D eigenvalue weighted by Gasteiger charge is -2.27. The Morgan fingerprint density at radius 2 is 1.94 bits per heavy atom. The number of nitrogens with one attached hydrogen (secondary N) is 1. The van der Waals surface area contributed by atoms with Gasteiger partial charge in [-0.2, -0.15) is 0 Å². The van der Waals surface area contributed by atoms with Crippen molar-refractivity contribution < 1.29 is 10.2 Å². The van der Waals surface area contributed by atoms with Gasteiger partial charge in [0.05, 0.1) is 0 Å². The molecule has 0 atom stereocenters.